The lowest BCUT2D eigenvalue weighted by Gasteiger charge is -2.11. The van der Waals surface area contributed by atoms with Crippen LogP contribution in [0.25, 0.3) is 22.3 Å². The maximum atomic E-state index is 11.4. The number of hydrogen-bond donors (Lipinski definition) is 1. The van der Waals surface area contributed by atoms with Crippen LogP contribution in [0.1, 0.15) is 28.9 Å². The summed E-state index contributed by atoms with van der Waals surface area (Å²) in [7, 11) is 1.74. The lowest BCUT2D eigenvalue weighted by molar-refractivity contribution is -0.140. The number of aryl methyl sites for hydroxylation is 1. The average Bonchev–Trinajstić information content (AvgIpc) is 3.40. The van der Waals surface area contributed by atoms with Crippen LogP contribution in [0.15, 0.2) is 54.7 Å². The second-order valence-corrected chi connectivity index (χ2v) is 6.73. The second kappa shape index (κ2) is 5.95. The van der Waals surface area contributed by atoms with Crippen molar-refractivity contribution < 1.29 is 14.7 Å². The van der Waals surface area contributed by atoms with Crippen LogP contribution in [0.4, 0.5) is 0 Å². The van der Waals surface area contributed by atoms with Crippen molar-refractivity contribution in [2.45, 2.75) is 18.3 Å². The monoisotopic (exact) mass is 346 g/mol. The van der Waals surface area contributed by atoms with Gasteiger partial charge in [0.25, 0.3) is 0 Å². The molecule has 3 aromatic rings. The molecule has 1 fully saturated rings. The van der Waals surface area contributed by atoms with Gasteiger partial charge < -0.3 is 5.11 Å². The number of carbonyl (C=O) groups is 2. The third kappa shape index (κ3) is 2.52. The number of rotatable bonds is 5. The summed E-state index contributed by atoms with van der Waals surface area (Å²) in [5.74, 6) is -0.739. The summed E-state index contributed by atoms with van der Waals surface area (Å²) in [5.41, 5.74) is 4.56. The molecule has 5 nitrogen and oxygen atoms in total. The highest BCUT2D eigenvalue weighted by molar-refractivity contribution is 5.86. The van der Waals surface area contributed by atoms with Gasteiger partial charge in [-0.3, -0.25) is 14.3 Å². The molecule has 0 radical (unpaired) electrons. The third-order valence-electron chi connectivity index (χ3n) is 5.22. The zero-order valence-corrected chi connectivity index (χ0v) is 14.3. The van der Waals surface area contributed by atoms with Gasteiger partial charge in [0.05, 0.1) is 11.6 Å². The molecule has 0 unspecified atom stereocenters. The highest BCUT2D eigenvalue weighted by Crippen LogP contribution is 2.48. The molecule has 4 rings (SSSR count). The van der Waals surface area contributed by atoms with Crippen molar-refractivity contribution in [3.8, 4) is 22.3 Å². The SMILES string of the molecule is Cn1ncc(-c2ccc(-c3ccc(C4(C(=O)O)CC4)cc3)cc2)c1C=O. The Labute approximate surface area is 150 Å². The zero-order valence-electron chi connectivity index (χ0n) is 14.3. The number of aromatic nitrogens is 2. The first-order valence-corrected chi connectivity index (χ1v) is 8.47. The van der Waals surface area contributed by atoms with Gasteiger partial charge in [0, 0.05) is 12.6 Å². The summed E-state index contributed by atoms with van der Waals surface area (Å²) < 4.78 is 1.56. The van der Waals surface area contributed by atoms with Gasteiger partial charge in [-0.25, -0.2) is 0 Å². The topological polar surface area (TPSA) is 72.2 Å². The molecule has 5 heteroatoms. The van der Waals surface area contributed by atoms with E-state index in [0.717, 1.165) is 34.1 Å². The van der Waals surface area contributed by atoms with E-state index in [-0.39, 0.29) is 0 Å². The fraction of sp³-hybridized carbons (Fsp3) is 0.190. The van der Waals surface area contributed by atoms with E-state index in [4.69, 9.17) is 0 Å². The molecule has 0 aliphatic heterocycles. The summed E-state index contributed by atoms with van der Waals surface area (Å²) in [5, 5.41) is 13.5. The van der Waals surface area contributed by atoms with Gasteiger partial charge in [-0.15, -0.1) is 0 Å². The Balaban J connectivity index is 1.61. The van der Waals surface area contributed by atoms with Gasteiger partial charge in [0.15, 0.2) is 6.29 Å². The Kier molecular flexibility index (Phi) is 3.72. The first kappa shape index (κ1) is 16.3. The van der Waals surface area contributed by atoms with Crippen LogP contribution in [0.3, 0.4) is 0 Å². The molecule has 1 aliphatic rings. The molecule has 0 amide bonds. The summed E-state index contributed by atoms with van der Waals surface area (Å²) in [6.07, 6.45) is 3.92. The minimum absolute atomic E-state index is 0.547. The van der Waals surface area contributed by atoms with Crippen molar-refractivity contribution in [1.82, 2.24) is 9.78 Å². The fourth-order valence-electron chi connectivity index (χ4n) is 3.38. The number of carboxylic acid groups (broad SMARTS) is 1. The molecule has 0 saturated heterocycles. The van der Waals surface area contributed by atoms with Crippen LogP contribution < -0.4 is 0 Å². The van der Waals surface area contributed by atoms with Crippen molar-refractivity contribution >= 4 is 12.3 Å². The minimum atomic E-state index is -0.739. The average molecular weight is 346 g/mol. The third-order valence-corrected chi connectivity index (χ3v) is 5.22. The highest BCUT2D eigenvalue weighted by atomic mass is 16.4. The van der Waals surface area contributed by atoms with Crippen molar-refractivity contribution in [2.24, 2.45) is 7.05 Å². The summed E-state index contributed by atoms with van der Waals surface area (Å²) >= 11 is 0. The smallest absolute Gasteiger partial charge is 0.314 e. The van der Waals surface area contributed by atoms with Gasteiger partial charge in [-0.2, -0.15) is 5.10 Å². The quantitative estimate of drug-likeness (QED) is 0.715. The Hall–Kier alpha value is -3.21. The van der Waals surface area contributed by atoms with Crippen molar-refractivity contribution in [3.05, 3.63) is 66.0 Å². The van der Waals surface area contributed by atoms with E-state index in [0.29, 0.717) is 18.5 Å². The van der Waals surface area contributed by atoms with E-state index in [9.17, 15) is 14.7 Å². The van der Waals surface area contributed by atoms with Crippen LogP contribution in [0.5, 0.6) is 0 Å². The summed E-state index contributed by atoms with van der Waals surface area (Å²) in [6.45, 7) is 0. The predicted molar refractivity (Wildman–Crippen MR) is 98.0 cm³/mol. The molecule has 0 atom stereocenters. The van der Waals surface area contributed by atoms with E-state index >= 15 is 0 Å². The summed E-state index contributed by atoms with van der Waals surface area (Å²) in [4.78, 5) is 22.7. The maximum absolute atomic E-state index is 11.4. The molecule has 130 valence electrons. The van der Waals surface area contributed by atoms with Crippen molar-refractivity contribution in [2.75, 3.05) is 0 Å². The first-order chi connectivity index (χ1) is 12.5. The Bertz CT molecular complexity index is 981. The number of carbonyl (C=O) groups excluding carboxylic acids is 1. The molecule has 1 heterocycles. The number of aldehydes is 1. The molecule has 1 saturated carbocycles. The maximum Gasteiger partial charge on any atom is 0.314 e. The normalized spacial score (nSPS) is 14.8. The molecule has 1 aliphatic carbocycles. The van der Waals surface area contributed by atoms with Gasteiger partial charge in [0.1, 0.15) is 5.69 Å². The number of hydrogen-bond acceptors (Lipinski definition) is 3. The minimum Gasteiger partial charge on any atom is -0.481 e. The second-order valence-electron chi connectivity index (χ2n) is 6.73. The Morgan fingerprint density at radius 3 is 2.08 bits per heavy atom. The molecule has 26 heavy (non-hydrogen) atoms. The van der Waals surface area contributed by atoms with Gasteiger partial charge >= 0.3 is 5.97 Å². The number of nitrogens with zero attached hydrogens (tertiary/aromatic N) is 2. The van der Waals surface area contributed by atoms with E-state index < -0.39 is 11.4 Å². The Morgan fingerprint density at radius 1 is 1.04 bits per heavy atom. The Morgan fingerprint density at radius 2 is 1.58 bits per heavy atom. The van der Waals surface area contributed by atoms with Crippen molar-refractivity contribution in [1.29, 1.82) is 0 Å². The van der Waals surface area contributed by atoms with Crippen LogP contribution in [0.2, 0.25) is 0 Å². The molecule has 1 N–H and O–H groups in total. The van der Waals surface area contributed by atoms with E-state index in [1.165, 1.54) is 0 Å². The lowest BCUT2D eigenvalue weighted by atomic mass is 9.93. The summed E-state index contributed by atoms with van der Waals surface area (Å²) in [6, 6.07) is 15.7. The van der Waals surface area contributed by atoms with Gasteiger partial charge in [-0.1, -0.05) is 48.5 Å². The van der Waals surface area contributed by atoms with E-state index in [1.807, 2.05) is 48.5 Å². The number of benzene rings is 2. The van der Waals surface area contributed by atoms with Crippen LogP contribution in [0, 0.1) is 0 Å². The van der Waals surface area contributed by atoms with E-state index in [1.54, 1.807) is 17.9 Å². The van der Waals surface area contributed by atoms with Crippen LogP contribution in [-0.2, 0) is 17.3 Å². The van der Waals surface area contributed by atoms with Gasteiger partial charge in [0.2, 0.25) is 0 Å². The molecule has 0 spiro atoms. The van der Waals surface area contributed by atoms with E-state index in [2.05, 4.69) is 5.10 Å². The molecule has 1 aromatic heterocycles. The van der Waals surface area contributed by atoms with Crippen LogP contribution >= 0.6 is 0 Å². The van der Waals surface area contributed by atoms with Crippen molar-refractivity contribution in [3.63, 3.8) is 0 Å². The standard InChI is InChI=1S/C21H18N2O3/c1-23-19(13-24)18(12-22-23)16-4-2-14(3-5-16)15-6-8-17(9-7-15)21(10-11-21)20(25)26/h2-9,12-13H,10-11H2,1H3,(H,25,26). The van der Waals surface area contributed by atoms with Crippen LogP contribution in [-0.4, -0.2) is 27.1 Å². The lowest BCUT2D eigenvalue weighted by Crippen LogP contribution is -2.19. The molecular weight excluding hydrogens is 328 g/mol. The largest absolute Gasteiger partial charge is 0.481 e. The number of aliphatic carboxylic acids is 1. The molecule has 0 bridgehead atoms. The first-order valence-electron chi connectivity index (χ1n) is 8.47. The molecule has 2 aromatic carbocycles. The zero-order chi connectivity index (χ0) is 18.3. The number of carboxylic acids is 1. The van der Waals surface area contributed by atoms with Gasteiger partial charge in [-0.05, 0) is 35.1 Å². The predicted octanol–water partition coefficient (Wildman–Crippen LogP) is 3.68. The fourth-order valence-corrected chi connectivity index (χ4v) is 3.38. The molecular formula is C21H18N2O3. The highest BCUT2D eigenvalue weighted by Gasteiger charge is 2.51.